The van der Waals surface area contributed by atoms with Crippen LogP contribution < -0.4 is 5.32 Å². The minimum absolute atomic E-state index is 0.256. The summed E-state index contributed by atoms with van der Waals surface area (Å²) in [5.41, 5.74) is 2.80. The maximum absolute atomic E-state index is 12.2. The molecular weight excluding hydrogens is 252 g/mol. The van der Waals surface area contributed by atoms with Crippen LogP contribution in [0.1, 0.15) is 24.0 Å². The summed E-state index contributed by atoms with van der Waals surface area (Å²) >= 11 is 0. The predicted octanol–water partition coefficient (Wildman–Crippen LogP) is 2.96. The third-order valence-electron chi connectivity index (χ3n) is 2.91. The molecule has 1 rings (SSSR count). The third-order valence-corrected chi connectivity index (χ3v) is 2.91. The van der Waals surface area contributed by atoms with Crippen molar-refractivity contribution in [3.63, 3.8) is 0 Å². The highest BCUT2D eigenvalue weighted by Gasteiger charge is 2.13. The monoisotopic (exact) mass is 270 g/mol. The van der Waals surface area contributed by atoms with E-state index in [1.165, 1.54) is 4.90 Å². The number of rotatable bonds is 5. The highest BCUT2D eigenvalue weighted by atomic mass is 16.2. The van der Waals surface area contributed by atoms with Crippen LogP contribution in [0.2, 0.25) is 0 Å². The minimum atomic E-state index is -0.274. The molecule has 0 radical (unpaired) electrons. The topological polar surface area (TPSA) is 79.9 Å². The molecule has 1 aromatic carbocycles. The van der Waals surface area contributed by atoms with E-state index < -0.39 is 0 Å². The first kappa shape index (κ1) is 15.5. The molecule has 5 nitrogen and oxygen atoms in total. The Balaban J connectivity index is 2.76. The average molecular weight is 270 g/mol. The number of nitrogens with zero attached hydrogens (tertiary/aromatic N) is 3. The largest absolute Gasteiger partial charge is 0.322 e. The zero-order valence-electron chi connectivity index (χ0n) is 11.8. The summed E-state index contributed by atoms with van der Waals surface area (Å²) in [4.78, 5) is 13.7. The number of amides is 2. The van der Waals surface area contributed by atoms with Gasteiger partial charge >= 0.3 is 6.03 Å². The molecule has 0 unspecified atom stereocenters. The highest BCUT2D eigenvalue weighted by molar-refractivity contribution is 5.90. The number of urea groups is 1. The van der Waals surface area contributed by atoms with Crippen LogP contribution in [0.25, 0.3) is 0 Å². The molecule has 0 aliphatic heterocycles. The first-order chi connectivity index (χ1) is 9.58. The molecule has 0 heterocycles. The van der Waals surface area contributed by atoms with E-state index in [0.29, 0.717) is 13.1 Å². The number of benzene rings is 1. The maximum atomic E-state index is 12.2. The molecule has 0 bridgehead atoms. The first-order valence-corrected chi connectivity index (χ1v) is 6.45. The van der Waals surface area contributed by atoms with Crippen molar-refractivity contribution in [1.29, 1.82) is 10.5 Å². The highest BCUT2D eigenvalue weighted by Crippen LogP contribution is 2.17. The molecule has 0 spiro atoms. The van der Waals surface area contributed by atoms with E-state index in [1.54, 1.807) is 0 Å². The van der Waals surface area contributed by atoms with Crippen LogP contribution in [0.4, 0.5) is 10.5 Å². The van der Waals surface area contributed by atoms with Crippen molar-refractivity contribution in [3.8, 4) is 12.1 Å². The van der Waals surface area contributed by atoms with Crippen molar-refractivity contribution >= 4 is 11.7 Å². The normalized spacial score (nSPS) is 9.40. The van der Waals surface area contributed by atoms with Gasteiger partial charge in [-0.2, -0.15) is 10.5 Å². The Kier molecular flexibility index (Phi) is 6.06. The maximum Gasteiger partial charge on any atom is 0.321 e. The smallest absolute Gasteiger partial charge is 0.321 e. The number of carbonyl (C=O) groups excluding carboxylic acids is 1. The molecule has 0 saturated heterocycles. The Labute approximate surface area is 119 Å². The van der Waals surface area contributed by atoms with E-state index in [4.69, 9.17) is 10.5 Å². The summed E-state index contributed by atoms with van der Waals surface area (Å²) in [7, 11) is 0. The summed E-state index contributed by atoms with van der Waals surface area (Å²) in [6.07, 6.45) is 0.511. The van der Waals surface area contributed by atoms with Gasteiger partial charge in [-0.1, -0.05) is 12.1 Å². The Hall–Kier alpha value is -2.53. The second-order valence-corrected chi connectivity index (χ2v) is 4.55. The molecule has 0 aliphatic carbocycles. The van der Waals surface area contributed by atoms with E-state index >= 15 is 0 Å². The van der Waals surface area contributed by atoms with E-state index in [-0.39, 0.29) is 18.9 Å². The van der Waals surface area contributed by atoms with E-state index in [9.17, 15) is 4.79 Å². The van der Waals surface area contributed by atoms with Crippen LogP contribution >= 0.6 is 0 Å². The van der Waals surface area contributed by atoms with Gasteiger partial charge in [-0.05, 0) is 31.0 Å². The summed E-state index contributed by atoms with van der Waals surface area (Å²) in [5.74, 6) is 0. The summed E-state index contributed by atoms with van der Waals surface area (Å²) in [6.45, 7) is 4.53. The molecule has 0 atom stereocenters. The molecule has 1 aromatic rings. The van der Waals surface area contributed by atoms with E-state index in [1.807, 2.05) is 44.2 Å². The van der Waals surface area contributed by atoms with Crippen molar-refractivity contribution in [3.05, 3.63) is 29.3 Å². The lowest BCUT2D eigenvalue weighted by Crippen LogP contribution is -2.36. The quantitative estimate of drug-likeness (QED) is 0.893. The van der Waals surface area contributed by atoms with Crippen molar-refractivity contribution in [1.82, 2.24) is 4.90 Å². The number of hydrogen-bond donors (Lipinski definition) is 1. The van der Waals surface area contributed by atoms with Crippen molar-refractivity contribution in [2.24, 2.45) is 0 Å². The predicted molar refractivity (Wildman–Crippen MR) is 77.0 cm³/mol. The zero-order chi connectivity index (χ0) is 15.0. The van der Waals surface area contributed by atoms with Gasteiger partial charge < -0.3 is 10.2 Å². The fraction of sp³-hybridized carbons (Fsp3) is 0.400. The lowest BCUT2D eigenvalue weighted by Gasteiger charge is -2.21. The van der Waals surface area contributed by atoms with Gasteiger partial charge in [-0.15, -0.1) is 0 Å². The second kappa shape index (κ2) is 7.81. The number of hydrogen-bond acceptors (Lipinski definition) is 3. The average Bonchev–Trinajstić information content (AvgIpc) is 2.43. The van der Waals surface area contributed by atoms with Crippen LogP contribution in [0, 0.1) is 36.5 Å². The molecule has 20 heavy (non-hydrogen) atoms. The van der Waals surface area contributed by atoms with Gasteiger partial charge in [0.25, 0.3) is 0 Å². The Bertz CT molecular complexity index is 536. The number of carbonyl (C=O) groups is 1. The summed E-state index contributed by atoms with van der Waals surface area (Å²) in [6, 6.07) is 9.57. The van der Waals surface area contributed by atoms with Gasteiger partial charge in [0.2, 0.25) is 0 Å². The molecule has 0 aliphatic rings. The van der Waals surface area contributed by atoms with Crippen LogP contribution in [-0.2, 0) is 0 Å². The third kappa shape index (κ3) is 4.62. The Morgan fingerprint density at radius 3 is 2.35 bits per heavy atom. The lowest BCUT2D eigenvalue weighted by molar-refractivity contribution is 0.214. The van der Waals surface area contributed by atoms with Crippen LogP contribution in [-0.4, -0.2) is 24.0 Å². The molecule has 0 fully saturated rings. The molecule has 104 valence electrons. The van der Waals surface area contributed by atoms with E-state index in [2.05, 4.69) is 5.32 Å². The number of nitrogens with one attached hydrogen (secondary N) is 1. The number of anilines is 1. The second-order valence-electron chi connectivity index (χ2n) is 4.55. The van der Waals surface area contributed by atoms with E-state index in [0.717, 1.165) is 16.8 Å². The van der Waals surface area contributed by atoms with Gasteiger partial charge in [0, 0.05) is 18.8 Å². The van der Waals surface area contributed by atoms with Gasteiger partial charge in [-0.25, -0.2) is 4.79 Å². The summed E-state index contributed by atoms with van der Waals surface area (Å²) < 4.78 is 0. The Morgan fingerprint density at radius 1 is 1.20 bits per heavy atom. The molecule has 0 aromatic heterocycles. The minimum Gasteiger partial charge on any atom is -0.322 e. The fourth-order valence-corrected chi connectivity index (χ4v) is 1.75. The first-order valence-electron chi connectivity index (χ1n) is 6.45. The summed E-state index contributed by atoms with van der Waals surface area (Å²) in [5, 5.41) is 20.1. The van der Waals surface area contributed by atoms with Crippen LogP contribution in [0.15, 0.2) is 18.2 Å². The van der Waals surface area contributed by atoms with Crippen LogP contribution in [0.3, 0.4) is 0 Å². The molecular formula is C15H18N4O. The Morgan fingerprint density at radius 2 is 1.80 bits per heavy atom. The molecule has 5 heteroatoms. The van der Waals surface area contributed by atoms with Gasteiger partial charge in [0.05, 0.1) is 25.0 Å². The van der Waals surface area contributed by atoms with Gasteiger partial charge in [-0.3, -0.25) is 0 Å². The van der Waals surface area contributed by atoms with Crippen molar-refractivity contribution in [2.75, 3.05) is 18.4 Å². The fourth-order valence-electron chi connectivity index (χ4n) is 1.75. The van der Waals surface area contributed by atoms with Crippen molar-refractivity contribution < 1.29 is 4.79 Å². The SMILES string of the molecule is Cc1ccc(C)c(NC(=O)N(CCC#N)CCC#N)c1. The zero-order valence-corrected chi connectivity index (χ0v) is 11.8. The van der Waals surface area contributed by atoms with Crippen molar-refractivity contribution in [2.45, 2.75) is 26.7 Å². The lowest BCUT2D eigenvalue weighted by atomic mass is 10.1. The van der Waals surface area contributed by atoms with Crippen LogP contribution in [0.5, 0.6) is 0 Å². The van der Waals surface area contributed by atoms with Gasteiger partial charge in [0.15, 0.2) is 0 Å². The molecule has 0 saturated carbocycles. The number of aryl methyl sites for hydroxylation is 2. The number of nitriles is 2. The molecule has 2 amide bonds. The molecule has 1 N–H and O–H groups in total. The van der Waals surface area contributed by atoms with Gasteiger partial charge in [0.1, 0.15) is 0 Å². The standard InChI is InChI=1S/C15H18N4O/c1-12-5-6-13(2)14(11-12)18-15(20)19(9-3-7-16)10-4-8-17/h5-6,11H,3-4,9-10H2,1-2H3,(H,18,20).